The van der Waals surface area contributed by atoms with Crippen molar-refractivity contribution in [3.63, 3.8) is 0 Å². The van der Waals surface area contributed by atoms with Gasteiger partial charge < -0.3 is 14.6 Å². The van der Waals surface area contributed by atoms with Gasteiger partial charge in [-0.1, -0.05) is 24.3 Å². The van der Waals surface area contributed by atoms with Gasteiger partial charge in [-0.2, -0.15) is 0 Å². The standard InChI is InChI=1S/C24H21N3O2/c1-29-18-10-8-16(9-11-18)24(28)27-14-12-20-19-6-2-3-7-21(19)26-22(20)23(27)17-5-4-13-25-15-17/h2-11,13,15,23,26H,12,14H2,1H3/t23-/m0/s1. The van der Waals surface area contributed by atoms with Crippen LogP contribution >= 0.6 is 0 Å². The molecule has 4 aromatic rings. The van der Waals surface area contributed by atoms with Gasteiger partial charge in [0.2, 0.25) is 0 Å². The van der Waals surface area contributed by atoms with Crippen molar-refractivity contribution in [2.45, 2.75) is 12.5 Å². The number of carbonyl (C=O) groups excluding carboxylic acids is 1. The molecule has 0 saturated heterocycles. The number of nitrogens with zero attached hydrogens (tertiary/aromatic N) is 2. The highest BCUT2D eigenvalue weighted by Crippen LogP contribution is 2.38. The van der Waals surface area contributed by atoms with Crippen LogP contribution in [0.1, 0.15) is 33.2 Å². The minimum absolute atomic E-state index is 0.00538. The molecule has 0 radical (unpaired) electrons. The van der Waals surface area contributed by atoms with Gasteiger partial charge in [0.25, 0.3) is 5.91 Å². The van der Waals surface area contributed by atoms with Gasteiger partial charge >= 0.3 is 0 Å². The molecule has 5 rings (SSSR count). The lowest BCUT2D eigenvalue weighted by Gasteiger charge is -2.36. The number of para-hydroxylation sites is 1. The molecular formula is C24H21N3O2. The molecular weight excluding hydrogens is 362 g/mol. The van der Waals surface area contributed by atoms with Crippen LogP contribution in [0, 0.1) is 0 Å². The Bertz CT molecular complexity index is 1170. The molecule has 5 heteroatoms. The summed E-state index contributed by atoms with van der Waals surface area (Å²) in [6.07, 6.45) is 4.42. The lowest BCUT2D eigenvalue weighted by molar-refractivity contribution is 0.0691. The Labute approximate surface area is 169 Å². The summed E-state index contributed by atoms with van der Waals surface area (Å²) in [5.74, 6) is 0.743. The molecule has 0 fully saturated rings. The van der Waals surface area contributed by atoms with Crippen LogP contribution in [-0.4, -0.2) is 34.4 Å². The zero-order valence-corrected chi connectivity index (χ0v) is 16.1. The van der Waals surface area contributed by atoms with E-state index in [9.17, 15) is 4.79 Å². The van der Waals surface area contributed by atoms with Gasteiger partial charge in [0.15, 0.2) is 0 Å². The number of benzene rings is 2. The Kier molecular flexibility index (Phi) is 4.28. The second kappa shape index (κ2) is 7.09. The van der Waals surface area contributed by atoms with Crippen LogP contribution in [0.15, 0.2) is 73.1 Å². The van der Waals surface area contributed by atoms with Crippen LogP contribution in [0.5, 0.6) is 5.75 Å². The zero-order valence-electron chi connectivity index (χ0n) is 16.1. The van der Waals surface area contributed by atoms with E-state index in [4.69, 9.17) is 4.74 Å². The molecule has 29 heavy (non-hydrogen) atoms. The van der Waals surface area contributed by atoms with Crippen LogP contribution in [0.2, 0.25) is 0 Å². The van der Waals surface area contributed by atoms with Gasteiger partial charge in [-0.3, -0.25) is 9.78 Å². The average Bonchev–Trinajstić information content (AvgIpc) is 3.17. The fourth-order valence-corrected chi connectivity index (χ4v) is 4.24. The number of carbonyl (C=O) groups is 1. The highest BCUT2D eigenvalue weighted by molar-refractivity contribution is 5.95. The maximum atomic E-state index is 13.5. The van der Waals surface area contributed by atoms with Crippen LogP contribution < -0.4 is 4.74 Å². The molecule has 2 aromatic heterocycles. The predicted molar refractivity (Wildman–Crippen MR) is 112 cm³/mol. The third kappa shape index (κ3) is 2.95. The highest BCUT2D eigenvalue weighted by atomic mass is 16.5. The molecule has 1 N–H and O–H groups in total. The Morgan fingerprint density at radius 1 is 1.10 bits per heavy atom. The Morgan fingerprint density at radius 2 is 1.93 bits per heavy atom. The number of aromatic amines is 1. The molecule has 144 valence electrons. The van der Waals surface area contributed by atoms with Crippen molar-refractivity contribution < 1.29 is 9.53 Å². The quantitative estimate of drug-likeness (QED) is 0.572. The number of hydrogen-bond acceptors (Lipinski definition) is 3. The normalized spacial score (nSPS) is 15.9. The van der Waals surface area contributed by atoms with E-state index in [1.54, 1.807) is 13.3 Å². The summed E-state index contributed by atoms with van der Waals surface area (Å²) in [4.78, 5) is 23.3. The third-order valence-corrected chi connectivity index (χ3v) is 5.63. The largest absolute Gasteiger partial charge is 0.497 e. The van der Waals surface area contributed by atoms with E-state index >= 15 is 0 Å². The number of aromatic nitrogens is 2. The number of H-pyrrole nitrogens is 1. The molecule has 2 aromatic carbocycles. The van der Waals surface area contributed by atoms with Crippen LogP contribution in [-0.2, 0) is 6.42 Å². The fraction of sp³-hybridized carbons (Fsp3) is 0.167. The van der Waals surface area contributed by atoms with Crippen molar-refractivity contribution in [3.8, 4) is 5.75 Å². The molecule has 5 nitrogen and oxygen atoms in total. The first-order valence-corrected chi connectivity index (χ1v) is 9.70. The second-order valence-electron chi connectivity index (χ2n) is 7.23. The lowest BCUT2D eigenvalue weighted by Crippen LogP contribution is -2.40. The van der Waals surface area contributed by atoms with E-state index < -0.39 is 0 Å². The monoisotopic (exact) mass is 383 g/mol. The van der Waals surface area contributed by atoms with Crippen LogP contribution in [0.25, 0.3) is 10.9 Å². The van der Waals surface area contributed by atoms with Gasteiger partial charge in [-0.05, 0) is 53.9 Å². The molecule has 0 unspecified atom stereocenters. The summed E-state index contributed by atoms with van der Waals surface area (Å²) in [5, 5.41) is 1.23. The van der Waals surface area contributed by atoms with Crippen molar-refractivity contribution >= 4 is 16.8 Å². The fourth-order valence-electron chi connectivity index (χ4n) is 4.24. The Morgan fingerprint density at radius 3 is 2.69 bits per heavy atom. The number of methoxy groups -OCH3 is 1. The Balaban J connectivity index is 1.62. The van der Waals surface area contributed by atoms with Gasteiger partial charge in [-0.25, -0.2) is 0 Å². The van der Waals surface area contributed by atoms with Crippen molar-refractivity contribution in [1.82, 2.24) is 14.9 Å². The maximum absolute atomic E-state index is 13.5. The number of fused-ring (bicyclic) bond motifs is 3. The minimum Gasteiger partial charge on any atom is -0.497 e. The SMILES string of the molecule is COc1ccc(C(=O)N2CCc3c([nH]c4ccccc34)[C@@H]2c2cccnc2)cc1. The topological polar surface area (TPSA) is 58.2 Å². The number of hydrogen-bond donors (Lipinski definition) is 1. The first kappa shape index (κ1) is 17.5. The van der Waals surface area contributed by atoms with E-state index in [0.717, 1.165) is 28.9 Å². The van der Waals surface area contributed by atoms with Gasteiger partial charge in [0.1, 0.15) is 5.75 Å². The van der Waals surface area contributed by atoms with Gasteiger partial charge in [0, 0.05) is 41.1 Å². The van der Waals surface area contributed by atoms with Crippen LogP contribution in [0.3, 0.4) is 0 Å². The first-order valence-electron chi connectivity index (χ1n) is 9.70. The number of rotatable bonds is 3. The van der Waals surface area contributed by atoms with E-state index in [1.807, 2.05) is 53.6 Å². The first-order chi connectivity index (χ1) is 14.3. The number of nitrogens with one attached hydrogen (secondary N) is 1. The molecule has 0 bridgehead atoms. The molecule has 0 aliphatic carbocycles. The minimum atomic E-state index is -0.200. The number of ether oxygens (including phenoxy) is 1. The average molecular weight is 383 g/mol. The summed E-state index contributed by atoms with van der Waals surface area (Å²) in [5.41, 5.74) is 5.12. The Hall–Kier alpha value is -3.60. The van der Waals surface area contributed by atoms with Gasteiger partial charge in [0.05, 0.1) is 13.2 Å². The summed E-state index contributed by atoms with van der Waals surface area (Å²) in [6, 6.07) is 19.4. The molecule has 1 amide bonds. The number of amides is 1. The van der Waals surface area contributed by atoms with Crippen molar-refractivity contribution in [2.24, 2.45) is 0 Å². The summed E-state index contributed by atoms with van der Waals surface area (Å²) >= 11 is 0. The predicted octanol–water partition coefficient (Wildman–Crippen LogP) is 4.36. The molecule has 1 aliphatic rings. The lowest BCUT2D eigenvalue weighted by atomic mass is 9.92. The molecule has 0 spiro atoms. The summed E-state index contributed by atoms with van der Waals surface area (Å²) in [7, 11) is 1.62. The van der Waals surface area contributed by atoms with Crippen molar-refractivity contribution in [1.29, 1.82) is 0 Å². The summed E-state index contributed by atoms with van der Waals surface area (Å²) < 4.78 is 5.23. The van der Waals surface area contributed by atoms with Crippen LogP contribution in [0.4, 0.5) is 0 Å². The highest BCUT2D eigenvalue weighted by Gasteiger charge is 2.35. The zero-order chi connectivity index (χ0) is 19.8. The van der Waals surface area contributed by atoms with Gasteiger partial charge in [-0.15, -0.1) is 0 Å². The molecule has 0 saturated carbocycles. The van der Waals surface area contributed by atoms with E-state index in [2.05, 4.69) is 28.2 Å². The van der Waals surface area contributed by atoms with E-state index in [0.29, 0.717) is 12.1 Å². The molecule has 3 heterocycles. The van der Waals surface area contributed by atoms with Crippen molar-refractivity contribution in [3.05, 3.63) is 95.4 Å². The number of pyridine rings is 1. The second-order valence-corrected chi connectivity index (χ2v) is 7.23. The van der Waals surface area contributed by atoms with E-state index in [1.165, 1.54) is 10.9 Å². The summed E-state index contributed by atoms with van der Waals surface area (Å²) in [6.45, 7) is 0.652. The molecule has 1 atom stereocenters. The maximum Gasteiger partial charge on any atom is 0.254 e. The molecule has 1 aliphatic heterocycles. The van der Waals surface area contributed by atoms with E-state index in [-0.39, 0.29) is 11.9 Å². The van der Waals surface area contributed by atoms with Crippen molar-refractivity contribution in [2.75, 3.05) is 13.7 Å². The third-order valence-electron chi connectivity index (χ3n) is 5.63. The smallest absolute Gasteiger partial charge is 0.254 e.